The van der Waals surface area contributed by atoms with Crippen LogP contribution in [-0.2, 0) is 9.53 Å². The zero-order valence-electron chi connectivity index (χ0n) is 7.81. The van der Waals surface area contributed by atoms with Crippen molar-refractivity contribution in [3.8, 4) is 11.8 Å². The number of amides is 1. The third kappa shape index (κ3) is 7.10. The highest BCUT2D eigenvalue weighted by molar-refractivity contribution is 5.77. The first-order chi connectivity index (χ1) is 5.66. The van der Waals surface area contributed by atoms with Crippen LogP contribution in [0.2, 0.25) is 0 Å². The van der Waals surface area contributed by atoms with Gasteiger partial charge < -0.3 is 10.1 Å². The van der Waals surface area contributed by atoms with Crippen molar-refractivity contribution in [2.75, 3.05) is 20.3 Å². The first-order valence-corrected chi connectivity index (χ1v) is 3.91. The van der Waals surface area contributed by atoms with Crippen LogP contribution >= 0.6 is 0 Å². The quantitative estimate of drug-likeness (QED) is 0.621. The Morgan fingerprint density at radius 2 is 2.25 bits per heavy atom. The lowest BCUT2D eigenvalue weighted by molar-refractivity contribution is -0.124. The second kappa shape index (κ2) is 6.68. The molecule has 0 saturated carbocycles. The maximum atomic E-state index is 10.8. The van der Waals surface area contributed by atoms with Gasteiger partial charge in [-0.25, -0.2) is 0 Å². The predicted molar refractivity (Wildman–Crippen MR) is 47.5 cm³/mol. The van der Waals surface area contributed by atoms with Crippen LogP contribution in [-0.4, -0.2) is 26.2 Å². The number of hydrogen-bond acceptors (Lipinski definition) is 2. The number of nitrogens with one attached hydrogen (secondary N) is 1. The molecule has 12 heavy (non-hydrogen) atoms. The molecule has 0 radical (unpaired) electrons. The first kappa shape index (κ1) is 11.0. The highest BCUT2D eigenvalue weighted by Crippen LogP contribution is 1.84. The van der Waals surface area contributed by atoms with Crippen molar-refractivity contribution >= 4 is 5.91 Å². The minimum atomic E-state index is -0.129. The van der Waals surface area contributed by atoms with E-state index >= 15 is 0 Å². The minimum Gasteiger partial charge on any atom is -0.375 e. The van der Waals surface area contributed by atoms with E-state index < -0.39 is 0 Å². The van der Waals surface area contributed by atoms with Crippen molar-refractivity contribution < 1.29 is 9.53 Å². The molecule has 0 atom stereocenters. The summed E-state index contributed by atoms with van der Waals surface area (Å²) in [5.74, 6) is 6.00. The fourth-order valence-electron chi connectivity index (χ4n) is 0.580. The summed E-state index contributed by atoms with van der Waals surface area (Å²) in [6.07, 6.45) is 0. The summed E-state index contributed by atoms with van der Waals surface area (Å²) >= 11 is 0. The molecule has 0 saturated heterocycles. The normalized spacial score (nSPS) is 9.00. The van der Waals surface area contributed by atoms with Gasteiger partial charge in [-0.05, 0) is 0 Å². The van der Waals surface area contributed by atoms with Crippen molar-refractivity contribution in [3.05, 3.63) is 0 Å². The maximum Gasteiger partial charge on any atom is 0.246 e. The van der Waals surface area contributed by atoms with Crippen LogP contribution < -0.4 is 5.32 Å². The summed E-state index contributed by atoms with van der Waals surface area (Å²) in [6, 6.07) is 0. The van der Waals surface area contributed by atoms with Gasteiger partial charge in [0.05, 0.1) is 6.54 Å². The molecule has 0 aliphatic rings. The fourth-order valence-corrected chi connectivity index (χ4v) is 0.580. The maximum absolute atomic E-state index is 10.8. The lowest BCUT2D eigenvalue weighted by Crippen LogP contribution is -2.27. The third-order valence-electron chi connectivity index (χ3n) is 1.04. The molecule has 0 aromatic rings. The van der Waals surface area contributed by atoms with Crippen LogP contribution in [0, 0.1) is 17.8 Å². The van der Waals surface area contributed by atoms with E-state index in [2.05, 4.69) is 21.9 Å². The number of carbonyl (C=O) groups is 1. The van der Waals surface area contributed by atoms with Crippen LogP contribution in [0.25, 0.3) is 0 Å². The Morgan fingerprint density at radius 3 is 2.75 bits per heavy atom. The molecule has 1 N–H and O–H groups in total. The number of carbonyl (C=O) groups excluding carboxylic acids is 1. The van der Waals surface area contributed by atoms with Crippen molar-refractivity contribution in [1.29, 1.82) is 0 Å². The molecule has 0 aliphatic carbocycles. The number of ether oxygens (including phenoxy) is 1. The van der Waals surface area contributed by atoms with Gasteiger partial charge in [0.25, 0.3) is 0 Å². The molecule has 0 bridgehead atoms. The van der Waals surface area contributed by atoms with Gasteiger partial charge in [-0.3, -0.25) is 4.79 Å². The van der Waals surface area contributed by atoms with Gasteiger partial charge in [0, 0.05) is 13.0 Å². The predicted octanol–water partition coefficient (Wildman–Crippen LogP) is 0.408. The van der Waals surface area contributed by atoms with Crippen LogP contribution in [0.4, 0.5) is 0 Å². The van der Waals surface area contributed by atoms with E-state index in [4.69, 9.17) is 0 Å². The topological polar surface area (TPSA) is 38.3 Å². The number of hydrogen-bond donors (Lipinski definition) is 1. The molecule has 0 fully saturated rings. The molecular weight excluding hydrogens is 154 g/mol. The van der Waals surface area contributed by atoms with Gasteiger partial charge in [0.1, 0.15) is 6.61 Å². The van der Waals surface area contributed by atoms with E-state index in [9.17, 15) is 4.79 Å². The summed E-state index contributed by atoms with van der Waals surface area (Å²) < 4.78 is 4.62. The fraction of sp³-hybridized carbons (Fsp3) is 0.667. The third-order valence-corrected chi connectivity index (χ3v) is 1.04. The van der Waals surface area contributed by atoms with E-state index in [0.717, 1.165) is 0 Å². The van der Waals surface area contributed by atoms with Gasteiger partial charge in [-0.2, -0.15) is 0 Å². The highest BCUT2D eigenvalue weighted by atomic mass is 16.5. The summed E-state index contributed by atoms with van der Waals surface area (Å²) in [7, 11) is 1.49. The van der Waals surface area contributed by atoms with Crippen molar-refractivity contribution in [2.24, 2.45) is 5.92 Å². The van der Waals surface area contributed by atoms with Crippen LogP contribution in [0.5, 0.6) is 0 Å². The number of methoxy groups -OCH3 is 1. The monoisotopic (exact) mass is 169 g/mol. The van der Waals surface area contributed by atoms with Gasteiger partial charge in [-0.1, -0.05) is 25.7 Å². The van der Waals surface area contributed by atoms with E-state index in [-0.39, 0.29) is 12.5 Å². The Bertz CT molecular complexity index is 188. The second-order valence-corrected chi connectivity index (χ2v) is 2.69. The Balaban J connectivity index is 3.45. The molecule has 0 rings (SSSR count). The van der Waals surface area contributed by atoms with Gasteiger partial charge in [0.15, 0.2) is 0 Å². The molecule has 68 valence electrons. The van der Waals surface area contributed by atoms with Gasteiger partial charge in [0.2, 0.25) is 5.91 Å². The lowest BCUT2D eigenvalue weighted by Gasteiger charge is -1.98. The molecule has 3 heteroatoms. The molecule has 0 unspecified atom stereocenters. The van der Waals surface area contributed by atoms with Crippen LogP contribution in [0.15, 0.2) is 0 Å². The summed E-state index contributed by atoms with van der Waals surface area (Å²) in [6.45, 7) is 4.51. The van der Waals surface area contributed by atoms with Crippen molar-refractivity contribution in [3.63, 3.8) is 0 Å². The first-order valence-electron chi connectivity index (χ1n) is 3.91. The van der Waals surface area contributed by atoms with E-state index in [1.54, 1.807) is 0 Å². The Morgan fingerprint density at radius 1 is 1.58 bits per heavy atom. The van der Waals surface area contributed by atoms with E-state index in [1.165, 1.54) is 7.11 Å². The molecule has 0 spiro atoms. The average molecular weight is 169 g/mol. The molecule has 0 aliphatic heterocycles. The van der Waals surface area contributed by atoms with Crippen molar-refractivity contribution in [1.82, 2.24) is 5.32 Å². The Hall–Kier alpha value is -1.01. The van der Waals surface area contributed by atoms with E-state index in [0.29, 0.717) is 12.5 Å². The summed E-state index contributed by atoms with van der Waals surface area (Å²) in [4.78, 5) is 10.8. The van der Waals surface area contributed by atoms with Crippen LogP contribution in [0.1, 0.15) is 13.8 Å². The smallest absolute Gasteiger partial charge is 0.246 e. The largest absolute Gasteiger partial charge is 0.375 e. The Kier molecular flexibility index (Phi) is 6.12. The molecule has 1 amide bonds. The van der Waals surface area contributed by atoms with E-state index in [1.807, 2.05) is 13.8 Å². The molecule has 0 aromatic heterocycles. The zero-order chi connectivity index (χ0) is 9.40. The molecule has 0 heterocycles. The Labute approximate surface area is 73.5 Å². The molecule has 3 nitrogen and oxygen atoms in total. The van der Waals surface area contributed by atoms with Gasteiger partial charge in [-0.15, -0.1) is 0 Å². The summed E-state index contributed by atoms with van der Waals surface area (Å²) in [5, 5.41) is 2.60. The molecular formula is C9H15NO2. The van der Waals surface area contributed by atoms with Gasteiger partial charge >= 0.3 is 0 Å². The van der Waals surface area contributed by atoms with Crippen molar-refractivity contribution in [2.45, 2.75) is 13.8 Å². The minimum absolute atomic E-state index is 0.101. The SMILES string of the molecule is COCC(=O)NCC#CC(C)C. The second-order valence-electron chi connectivity index (χ2n) is 2.69. The molecule has 0 aromatic carbocycles. The van der Waals surface area contributed by atoms with Crippen LogP contribution in [0.3, 0.4) is 0 Å². The standard InChI is InChI=1S/C9H15NO2/c1-8(2)5-4-6-10-9(11)7-12-3/h8H,6-7H2,1-3H3,(H,10,11). The average Bonchev–Trinajstić information content (AvgIpc) is 1.98. The number of rotatable bonds is 3. The summed E-state index contributed by atoms with van der Waals surface area (Å²) in [5.41, 5.74) is 0. The zero-order valence-corrected chi connectivity index (χ0v) is 7.81. The highest BCUT2D eigenvalue weighted by Gasteiger charge is 1.95. The lowest BCUT2D eigenvalue weighted by atomic mass is 10.2.